The molecule has 2 N–H and O–H groups in total. The first kappa shape index (κ1) is 16.1. The second-order valence-corrected chi connectivity index (χ2v) is 5.79. The van der Waals surface area contributed by atoms with Crippen LogP contribution in [0.3, 0.4) is 0 Å². The summed E-state index contributed by atoms with van der Waals surface area (Å²) in [4.78, 5) is 12.3. The van der Waals surface area contributed by atoms with Gasteiger partial charge in [-0.2, -0.15) is 0 Å². The molecule has 1 saturated carbocycles. The van der Waals surface area contributed by atoms with E-state index in [1.807, 2.05) is 12.1 Å². The van der Waals surface area contributed by atoms with Gasteiger partial charge >= 0.3 is 0 Å². The van der Waals surface area contributed by atoms with Gasteiger partial charge in [0.25, 0.3) is 0 Å². The fourth-order valence-corrected chi connectivity index (χ4v) is 2.86. The Morgan fingerprint density at radius 1 is 1.29 bits per heavy atom. The number of nitrogens with one attached hydrogen (secondary N) is 2. The number of benzene rings is 1. The van der Waals surface area contributed by atoms with Crippen LogP contribution in [-0.4, -0.2) is 26.1 Å². The molecule has 2 aliphatic rings. The maximum Gasteiger partial charge on any atom is 0.224 e. The summed E-state index contributed by atoms with van der Waals surface area (Å²) in [5.74, 6) is 1.79. The van der Waals surface area contributed by atoms with Crippen molar-refractivity contribution in [2.45, 2.75) is 25.3 Å². The molecule has 116 valence electrons. The number of hydrogen-bond acceptors (Lipinski definition) is 3. The zero-order chi connectivity index (χ0) is 13.9. The second kappa shape index (κ2) is 7.14. The van der Waals surface area contributed by atoms with E-state index in [1.54, 1.807) is 7.11 Å². The molecule has 5 heteroatoms. The predicted molar refractivity (Wildman–Crippen MR) is 84.8 cm³/mol. The van der Waals surface area contributed by atoms with Crippen molar-refractivity contribution in [3.8, 4) is 5.75 Å². The Labute approximate surface area is 132 Å². The molecule has 1 aliphatic carbocycles. The average Bonchev–Trinajstić information content (AvgIpc) is 3.17. The fourth-order valence-electron chi connectivity index (χ4n) is 2.86. The highest BCUT2D eigenvalue weighted by molar-refractivity contribution is 5.85. The molecule has 0 spiro atoms. The quantitative estimate of drug-likeness (QED) is 0.877. The minimum Gasteiger partial charge on any atom is -0.497 e. The van der Waals surface area contributed by atoms with Crippen molar-refractivity contribution in [2.75, 3.05) is 20.2 Å². The molecule has 4 nitrogen and oxygen atoms in total. The van der Waals surface area contributed by atoms with E-state index in [9.17, 15) is 4.79 Å². The van der Waals surface area contributed by atoms with Gasteiger partial charge in [-0.25, -0.2) is 0 Å². The molecule has 2 atom stereocenters. The molecule has 0 aromatic heterocycles. The normalized spacial score (nSPS) is 22.2. The molecule has 0 radical (unpaired) electrons. The molecule has 3 rings (SSSR count). The van der Waals surface area contributed by atoms with Crippen molar-refractivity contribution < 1.29 is 9.53 Å². The minimum atomic E-state index is 0. The van der Waals surface area contributed by atoms with Crippen molar-refractivity contribution in [1.29, 1.82) is 0 Å². The van der Waals surface area contributed by atoms with Crippen LogP contribution in [0, 0.1) is 11.8 Å². The summed E-state index contributed by atoms with van der Waals surface area (Å²) in [6, 6.07) is 8.22. The lowest BCUT2D eigenvalue weighted by Gasteiger charge is -2.21. The minimum absolute atomic E-state index is 0. The Morgan fingerprint density at radius 3 is 2.52 bits per heavy atom. The lowest BCUT2D eigenvalue weighted by atomic mass is 10.0. The molecule has 2 unspecified atom stereocenters. The van der Waals surface area contributed by atoms with Crippen LogP contribution in [-0.2, 0) is 4.79 Å². The summed E-state index contributed by atoms with van der Waals surface area (Å²) >= 11 is 0. The number of ether oxygens (including phenoxy) is 1. The Hall–Kier alpha value is -1.26. The number of methoxy groups -OCH3 is 1. The lowest BCUT2D eigenvalue weighted by molar-refractivity contribution is -0.125. The monoisotopic (exact) mass is 310 g/mol. The maximum absolute atomic E-state index is 12.3. The van der Waals surface area contributed by atoms with Crippen LogP contribution in [0.4, 0.5) is 0 Å². The Morgan fingerprint density at radius 2 is 2.00 bits per heavy atom. The number of carbonyl (C=O) groups excluding carboxylic acids is 1. The molecule has 1 aromatic rings. The van der Waals surface area contributed by atoms with Crippen LogP contribution >= 0.6 is 12.4 Å². The van der Waals surface area contributed by atoms with Gasteiger partial charge in [-0.05, 0) is 49.4 Å². The lowest BCUT2D eigenvalue weighted by Crippen LogP contribution is -2.35. The summed E-state index contributed by atoms with van der Waals surface area (Å²) in [5, 5.41) is 6.50. The van der Waals surface area contributed by atoms with Crippen LogP contribution in [0.2, 0.25) is 0 Å². The summed E-state index contributed by atoms with van der Waals surface area (Å²) in [6.07, 6.45) is 3.37. The highest BCUT2D eigenvalue weighted by Gasteiger charge is 2.35. The third kappa shape index (κ3) is 3.89. The zero-order valence-electron chi connectivity index (χ0n) is 12.3. The highest BCUT2D eigenvalue weighted by Crippen LogP contribution is 2.41. The number of halogens is 1. The number of amides is 1. The van der Waals surface area contributed by atoms with Crippen LogP contribution < -0.4 is 15.4 Å². The first-order valence-corrected chi connectivity index (χ1v) is 7.43. The molecule has 1 saturated heterocycles. The number of rotatable bonds is 5. The molecular formula is C16H23ClN2O2. The third-order valence-electron chi connectivity index (χ3n) is 4.30. The maximum atomic E-state index is 12.3. The van der Waals surface area contributed by atoms with Gasteiger partial charge in [0.1, 0.15) is 5.75 Å². The van der Waals surface area contributed by atoms with E-state index in [2.05, 4.69) is 22.8 Å². The van der Waals surface area contributed by atoms with E-state index in [0.717, 1.165) is 25.3 Å². The third-order valence-corrected chi connectivity index (χ3v) is 4.30. The van der Waals surface area contributed by atoms with E-state index in [4.69, 9.17) is 4.74 Å². The Balaban J connectivity index is 0.00000161. The van der Waals surface area contributed by atoms with Gasteiger partial charge in [0.15, 0.2) is 0 Å². The second-order valence-electron chi connectivity index (χ2n) is 5.79. The zero-order valence-corrected chi connectivity index (χ0v) is 13.1. The van der Waals surface area contributed by atoms with E-state index in [1.165, 1.54) is 18.4 Å². The standard InChI is InChI=1S/C16H22N2O2.ClH/c1-20-14-6-4-12(5-7-14)15(11-2-3-11)18-16(19)13-8-9-17-10-13;/h4-7,11,13,15,17H,2-3,8-10H2,1H3,(H,18,19);1H. The average molecular weight is 311 g/mol. The van der Waals surface area contributed by atoms with E-state index in [0.29, 0.717) is 5.92 Å². The van der Waals surface area contributed by atoms with Gasteiger partial charge in [-0.1, -0.05) is 12.1 Å². The van der Waals surface area contributed by atoms with Crippen LogP contribution in [0.15, 0.2) is 24.3 Å². The smallest absolute Gasteiger partial charge is 0.224 e. The molecule has 21 heavy (non-hydrogen) atoms. The Bertz CT molecular complexity index is 468. The van der Waals surface area contributed by atoms with E-state index < -0.39 is 0 Å². The van der Waals surface area contributed by atoms with Crippen molar-refractivity contribution in [3.05, 3.63) is 29.8 Å². The van der Waals surface area contributed by atoms with Crippen molar-refractivity contribution in [2.24, 2.45) is 11.8 Å². The Kier molecular flexibility index (Phi) is 5.48. The molecule has 2 fully saturated rings. The summed E-state index contributed by atoms with van der Waals surface area (Å²) in [7, 11) is 1.67. The molecule has 1 amide bonds. The molecule has 0 bridgehead atoms. The number of carbonyl (C=O) groups is 1. The highest BCUT2D eigenvalue weighted by atomic mass is 35.5. The summed E-state index contributed by atoms with van der Waals surface area (Å²) in [5.41, 5.74) is 1.19. The van der Waals surface area contributed by atoms with Crippen LogP contribution in [0.5, 0.6) is 5.75 Å². The van der Waals surface area contributed by atoms with Crippen molar-refractivity contribution in [1.82, 2.24) is 10.6 Å². The van der Waals surface area contributed by atoms with Gasteiger partial charge in [0.2, 0.25) is 5.91 Å². The van der Waals surface area contributed by atoms with E-state index in [-0.39, 0.29) is 30.3 Å². The van der Waals surface area contributed by atoms with Gasteiger partial charge in [-0.3, -0.25) is 4.79 Å². The molecule has 1 aromatic carbocycles. The van der Waals surface area contributed by atoms with Crippen molar-refractivity contribution in [3.63, 3.8) is 0 Å². The van der Waals surface area contributed by atoms with E-state index >= 15 is 0 Å². The van der Waals surface area contributed by atoms with Gasteiger partial charge in [0, 0.05) is 6.54 Å². The fraction of sp³-hybridized carbons (Fsp3) is 0.562. The largest absolute Gasteiger partial charge is 0.497 e. The summed E-state index contributed by atoms with van der Waals surface area (Å²) < 4.78 is 5.19. The molecule has 1 aliphatic heterocycles. The summed E-state index contributed by atoms with van der Waals surface area (Å²) in [6.45, 7) is 1.76. The first-order chi connectivity index (χ1) is 9.78. The van der Waals surface area contributed by atoms with Crippen molar-refractivity contribution >= 4 is 18.3 Å². The SMILES string of the molecule is COc1ccc(C(NC(=O)C2CCNC2)C2CC2)cc1.Cl. The number of hydrogen-bond donors (Lipinski definition) is 2. The topological polar surface area (TPSA) is 50.4 Å². The first-order valence-electron chi connectivity index (χ1n) is 7.43. The predicted octanol–water partition coefficient (Wildman–Crippen LogP) is 2.29. The van der Waals surface area contributed by atoms with Gasteiger partial charge in [-0.15, -0.1) is 12.4 Å². The molecule has 1 heterocycles. The van der Waals surface area contributed by atoms with Crippen LogP contribution in [0.1, 0.15) is 30.9 Å². The molecular weight excluding hydrogens is 288 g/mol. The van der Waals surface area contributed by atoms with Gasteiger partial charge in [0.05, 0.1) is 19.1 Å². The van der Waals surface area contributed by atoms with Gasteiger partial charge < -0.3 is 15.4 Å². The van der Waals surface area contributed by atoms with Crippen LogP contribution in [0.25, 0.3) is 0 Å².